The van der Waals surface area contributed by atoms with Crippen LogP contribution >= 0.6 is 0 Å². The molecule has 0 aromatic heterocycles. The predicted molar refractivity (Wildman–Crippen MR) is 83.2 cm³/mol. The van der Waals surface area contributed by atoms with Crippen LogP contribution in [0.2, 0.25) is 0 Å². The van der Waals surface area contributed by atoms with Crippen molar-refractivity contribution < 1.29 is 20.1 Å². The number of ether oxygens (including phenoxy) is 1. The molecule has 1 heterocycles. The van der Waals surface area contributed by atoms with E-state index in [1.165, 1.54) is 12.1 Å². The van der Waals surface area contributed by atoms with Crippen molar-refractivity contribution in [3.8, 4) is 17.2 Å². The Balaban J connectivity index is 2.19. The molecule has 1 aliphatic heterocycles. The van der Waals surface area contributed by atoms with Gasteiger partial charge >= 0.3 is 0 Å². The van der Waals surface area contributed by atoms with Crippen LogP contribution in [0.1, 0.15) is 31.9 Å². The van der Waals surface area contributed by atoms with Crippen LogP contribution in [0.25, 0.3) is 0 Å². The first kappa shape index (κ1) is 14.7. The molecular formula is C18H20O4. The van der Waals surface area contributed by atoms with E-state index in [-0.39, 0.29) is 11.5 Å². The van der Waals surface area contributed by atoms with E-state index in [0.717, 1.165) is 5.56 Å². The third-order valence-electron chi connectivity index (χ3n) is 4.62. The Kier molecular flexibility index (Phi) is 3.11. The molecule has 0 saturated carbocycles. The quantitative estimate of drug-likeness (QED) is 0.757. The first-order valence-electron chi connectivity index (χ1n) is 7.26. The number of fused-ring (bicyclic) bond motifs is 1. The summed E-state index contributed by atoms with van der Waals surface area (Å²) in [6.45, 7) is 5.66. The Hall–Kier alpha value is -2.20. The SMILES string of the molecule is CC1(C)c2ccccc2OC(C)(c2ccc(O)cc2O)C1O. The Bertz CT molecular complexity index is 723. The van der Waals surface area contributed by atoms with Crippen LogP contribution in [0.15, 0.2) is 42.5 Å². The molecule has 0 bridgehead atoms. The third-order valence-corrected chi connectivity index (χ3v) is 4.62. The molecule has 4 heteroatoms. The predicted octanol–water partition coefficient (Wildman–Crippen LogP) is 3.04. The van der Waals surface area contributed by atoms with E-state index in [4.69, 9.17) is 4.74 Å². The number of phenolic OH excluding ortho intramolecular Hbond substituents is 2. The summed E-state index contributed by atoms with van der Waals surface area (Å²) in [6.07, 6.45) is -0.870. The van der Waals surface area contributed by atoms with E-state index >= 15 is 0 Å². The van der Waals surface area contributed by atoms with Gasteiger partial charge in [0, 0.05) is 22.6 Å². The second kappa shape index (κ2) is 4.65. The summed E-state index contributed by atoms with van der Waals surface area (Å²) in [4.78, 5) is 0. The number of para-hydroxylation sites is 1. The fourth-order valence-corrected chi connectivity index (χ4v) is 3.35. The molecule has 0 spiro atoms. The highest BCUT2D eigenvalue weighted by atomic mass is 16.5. The van der Waals surface area contributed by atoms with Gasteiger partial charge in [-0.2, -0.15) is 0 Å². The van der Waals surface area contributed by atoms with E-state index in [0.29, 0.717) is 11.3 Å². The standard InChI is InChI=1S/C18H20O4/c1-17(2)13-6-4-5-7-15(13)22-18(3,16(17)21)12-9-8-11(19)10-14(12)20/h4-10,16,19-21H,1-3H3. The Morgan fingerprint density at radius 3 is 2.32 bits per heavy atom. The van der Waals surface area contributed by atoms with Gasteiger partial charge in [-0.1, -0.05) is 32.0 Å². The van der Waals surface area contributed by atoms with Crippen molar-refractivity contribution in [1.82, 2.24) is 0 Å². The zero-order chi connectivity index (χ0) is 16.1. The van der Waals surface area contributed by atoms with E-state index < -0.39 is 17.1 Å². The molecule has 2 atom stereocenters. The monoisotopic (exact) mass is 300 g/mol. The van der Waals surface area contributed by atoms with Gasteiger partial charge in [0.25, 0.3) is 0 Å². The zero-order valence-corrected chi connectivity index (χ0v) is 12.9. The number of rotatable bonds is 1. The van der Waals surface area contributed by atoms with Gasteiger partial charge in [0.15, 0.2) is 5.60 Å². The van der Waals surface area contributed by atoms with E-state index in [1.54, 1.807) is 13.0 Å². The minimum atomic E-state index is -1.12. The Morgan fingerprint density at radius 2 is 1.64 bits per heavy atom. The van der Waals surface area contributed by atoms with Crippen LogP contribution in [0.3, 0.4) is 0 Å². The van der Waals surface area contributed by atoms with Crippen LogP contribution in [-0.4, -0.2) is 21.4 Å². The van der Waals surface area contributed by atoms with Crippen LogP contribution in [-0.2, 0) is 11.0 Å². The van der Waals surface area contributed by atoms with Crippen molar-refractivity contribution in [2.45, 2.75) is 37.9 Å². The molecule has 0 aliphatic carbocycles. The lowest BCUT2D eigenvalue weighted by molar-refractivity contribution is -0.0984. The lowest BCUT2D eigenvalue weighted by Gasteiger charge is -2.48. The minimum Gasteiger partial charge on any atom is -0.508 e. The molecule has 3 N–H and O–H groups in total. The van der Waals surface area contributed by atoms with Gasteiger partial charge in [-0.25, -0.2) is 0 Å². The van der Waals surface area contributed by atoms with Gasteiger partial charge in [0.05, 0.1) is 0 Å². The van der Waals surface area contributed by atoms with Gasteiger partial charge in [-0.15, -0.1) is 0 Å². The van der Waals surface area contributed by atoms with Crippen molar-refractivity contribution in [2.75, 3.05) is 0 Å². The van der Waals surface area contributed by atoms with Crippen molar-refractivity contribution in [1.29, 1.82) is 0 Å². The number of hydrogen-bond acceptors (Lipinski definition) is 4. The normalized spacial score (nSPS) is 26.1. The molecule has 0 saturated heterocycles. The van der Waals surface area contributed by atoms with Crippen LogP contribution in [0.4, 0.5) is 0 Å². The molecular weight excluding hydrogens is 280 g/mol. The smallest absolute Gasteiger partial charge is 0.161 e. The average Bonchev–Trinajstić information content (AvgIpc) is 2.45. The van der Waals surface area contributed by atoms with Gasteiger partial charge < -0.3 is 20.1 Å². The molecule has 0 radical (unpaired) electrons. The molecule has 4 nitrogen and oxygen atoms in total. The third kappa shape index (κ3) is 1.95. The highest BCUT2D eigenvalue weighted by Crippen LogP contribution is 2.50. The highest BCUT2D eigenvalue weighted by molar-refractivity contribution is 5.49. The molecule has 0 fully saturated rings. The number of aromatic hydroxyl groups is 2. The van der Waals surface area contributed by atoms with Crippen molar-refractivity contribution in [2.24, 2.45) is 0 Å². The van der Waals surface area contributed by atoms with Crippen molar-refractivity contribution in [3.63, 3.8) is 0 Å². The van der Waals surface area contributed by atoms with Crippen molar-refractivity contribution >= 4 is 0 Å². The van der Waals surface area contributed by atoms with Crippen LogP contribution in [0.5, 0.6) is 17.2 Å². The summed E-state index contributed by atoms with van der Waals surface area (Å²) in [6, 6.07) is 11.9. The second-order valence-electron chi connectivity index (χ2n) is 6.53. The first-order chi connectivity index (χ1) is 10.3. The maximum Gasteiger partial charge on any atom is 0.161 e. The lowest BCUT2D eigenvalue weighted by atomic mass is 9.68. The lowest BCUT2D eigenvalue weighted by Crippen LogP contribution is -2.55. The Morgan fingerprint density at radius 1 is 0.955 bits per heavy atom. The summed E-state index contributed by atoms with van der Waals surface area (Å²) in [5.41, 5.74) is -0.289. The van der Waals surface area contributed by atoms with Gasteiger partial charge in [0.2, 0.25) is 0 Å². The maximum atomic E-state index is 11.0. The minimum absolute atomic E-state index is 0.0326. The summed E-state index contributed by atoms with van der Waals surface area (Å²) < 4.78 is 6.08. The van der Waals surface area contributed by atoms with Crippen LogP contribution < -0.4 is 4.74 Å². The fraction of sp³-hybridized carbons (Fsp3) is 0.333. The number of benzene rings is 2. The summed E-state index contributed by atoms with van der Waals surface area (Å²) in [5, 5.41) is 30.6. The number of phenols is 2. The molecule has 3 rings (SSSR count). The number of aliphatic hydroxyl groups excluding tert-OH is 1. The van der Waals surface area contributed by atoms with Crippen molar-refractivity contribution in [3.05, 3.63) is 53.6 Å². The van der Waals surface area contributed by atoms with Gasteiger partial charge in [-0.3, -0.25) is 0 Å². The van der Waals surface area contributed by atoms with E-state index in [1.807, 2.05) is 38.1 Å². The van der Waals surface area contributed by atoms with E-state index in [2.05, 4.69) is 0 Å². The topological polar surface area (TPSA) is 69.9 Å². The molecule has 2 unspecified atom stereocenters. The molecule has 1 aliphatic rings. The maximum absolute atomic E-state index is 11.0. The van der Waals surface area contributed by atoms with E-state index in [9.17, 15) is 15.3 Å². The molecule has 116 valence electrons. The Labute approximate surface area is 129 Å². The molecule has 2 aromatic rings. The summed E-state index contributed by atoms with van der Waals surface area (Å²) in [7, 11) is 0. The van der Waals surface area contributed by atoms with Gasteiger partial charge in [0.1, 0.15) is 23.4 Å². The first-order valence-corrected chi connectivity index (χ1v) is 7.26. The largest absolute Gasteiger partial charge is 0.508 e. The number of aliphatic hydroxyl groups is 1. The summed E-state index contributed by atoms with van der Waals surface area (Å²) >= 11 is 0. The number of hydrogen-bond donors (Lipinski definition) is 3. The second-order valence-corrected chi connectivity index (χ2v) is 6.53. The average molecular weight is 300 g/mol. The van der Waals surface area contributed by atoms with Crippen LogP contribution in [0, 0.1) is 0 Å². The van der Waals surface area contributed by atoms with Gasteiger partial charge in [-0.05, 0) is 25.1 Å². The summed E-state index contributed by atoms with van der Waals surface area (Å²) in [5.74, 6) is 0.555. The molecule has 2 aromatic carbocycles. The zero-order valence-electron chi connectivity index (χ0n) is 12.9. The fourth-order valence-electron chi connectivity index (χ4n) is 3.35. The molecule has 0 amide bonds. The molecule has 22 heavy (non-hydrogen) atoms. The highest BCUT2D eigenvalue weighted by Gasteiger charge is 2.52.